The molecule has 0 saturated carbocycles. The first kappa shape index (κ1) is 12.9. The second kappa shape index (κ2) is 5.45. The van der Waals surface area contributed by atoms with Crippen LogP contribution in [0.25, 0.3) is 11.1 Å². The minimum Gasteiger partial charge on any atom is -0.294 e. The molecule has 1 nitrogen and oxygen atoms in total. The van der Waals surface area contributed by atoms with Crippen molar-refractivity contribution in [2.24, 2.45) is 0 Å². The average Bonchev–Trinajstić information content (AvgIpc) is 2.82. The Morgan fingerprint density at radius 2 is 1.84 bits per heavy atom. The monoisotopic (exact) mass is 362 g/mol. The number of halogens is 1. The number of rotatable bonds is 4. The number of hydrogen-bond acceptors (Lipinski definition) is 1. The van der Waals surface area contributed by atoms with Gasteiger partial charge in [0, 0.05) is 12.0 Å². The van der Waals surface area contributed by atoms with E-state index in [1.807, 2.05) is 6.07 Å². The summed E-state index contributed by atoms with van der Waals surface area (Å²) in [6, 6.07) is 14.7. The Kier molecular flexibility index (Phi) is 3.69. The lowest BCUT2D eigenvalue weighted by molar-refractivity contribution is 0.0982. The van der Waals surface area contributed by atoms with Crippen molar-refractivity contribution >= 4 is 28.4 Å². The molecular weight excluding hydrogens is 347 g/mol. The second-order valence-electron chi connectivity index (χ2n) is 4.92. The minimum absolute atomic E-state index is 0.274. The van der Waals surface area contributed by atoms with Crippen LogP contribution < -0.4 is 0 Å². The average molecular weight is 362 g/mol. The molecule has 1 aliphatic rings. The largest absolute Gasteiger partial charge is 0.294 e. The number of carbonyl (C=O) groups is 1. The zero-order valence-corrected chi connectivity index (χ0v) is 12.8. The molecule has 0 aliphatic heterocycles. The van der Waals surface area contributed by atoms with Crippen LogP contribution in [0.1, 0.15) is 34.3 Å². The summed E-state index contributed by atoms with van der Waals surface area (Å²) in [4.78, 5) is 12.1. The molecule has 3 rings (SSSR count). The smallest absolute Gasteiger partial charge is 0.162 e. The molecule has 0 aromatic heterocycles. The first-order chi connectivity index (χ1) is 9.29. The predicted octanol–water partition coefficient (Wildman–Crippen LogP) is 4.66. The molecule has 2 heteroatoms. The molecule has 0 heterocycles. The van der Waals surface area contributed by atoms with Crippen molar-refractivity contribution in [1.82, 2.24) is 0 Å². The SMILES string of the molecule is O=C(CCCI)c1ccc2c(c1)Cc1ccccc1-2. The maximum atomic E-state index is 12.1. The van der Waals surface area contributed by atoms with E-state index in [0.717, 1.165) is 22.8 Å². The van der Waals surface area contributed by atoms with Gasteiger partial charge in [0.05, 0.1) is 0 Å². The Balaban J connectivity index is 1.91. The van der Waals surface area contributed by atoms with Crippen LogP contribution >= 0.6 is 22.6 Å². The highest BCUT2D eigenvalue weighted by Crippen LogP contribution is 2.36. The molecule has 0 radical (unpaired) electrons. The van der Waals surface area contributed by atoms with Gasteiger partial charge in [-0.1, -0.05) is 59.0 Å². The van der Waals surface area contributed by atoms with Gasteiger partial charge < -0.3 is 0 Å². The molecular formula is C17H15IO. The van der Waals surface area contributed by atoms with E-state index >= 15 is 0 Å². The topological polar surface area (TPSA) is 17.1 Å². The Hall–Kier alpha value is -1.16. The summed E-state index contributed by atoms with van der Waals surface area (Å²) in [5.74, 6) is 0.274. The third-order valence-corrected chi connectivity index (χ3v) is 4.42. The highest BCUT2D eigenvalue weighted by Gasteiger charge is 2.19. The van der Waals surface area contributed by atoms with Crippen molar-refractivity contribution in [3.63, 3.8) is 0 Å². The van der Waals surface area contributed by atoms with Crippen LogP contribution in [0.4, 0.5) is 0 Å². The lowest BCUT2D eigenvalue weighted by Gasteiger charge is -2.04. The third kappa shape index (κ3) is 2.46. The molecule has 0 unspecified atom stereocenters. The fourth-order valence-electron chi connectivity index (χ4n) is 2.69. The Morgan fingerprint density at radius 3 is 2.68 bits per heavy atom. The molecule has 19 heavy (non-hydrogen) atoms. The van der Waals surface area contributed by atoms with Crippen molar-refractivity contribution in [3.05, 3.63) is 59.2 Å². The number of Topliss-reactive ketones (excluding diaryl/α,β-unsaturated/α-hetero) is 1. The fraction of sp³-hybridized carbons (Fsp3) is 0.235. The maximum Gasteiger partial charge on any atom is 0.162 e. The summed E-state index contributed by atoms with van der Waals surface area (Å²) < 4.78 is 1.04. The van der Waals surface area contributed by atoms with Crippen molar-refractivity contribution in [1.29, 1.82) is 0 Å². The number of alkyl halides is 1. The van der Waals surface area contributed by atoms with E-state index in [0.29, 0.717) is 6.42 Å². The van der Waals surface area contributed by atoms with Gasteiger partial charge in [0.1, 0.15) is 0 Å². The van der Waals surface area contributed by atoms with E-state index in [2.05, 4.69) is 59.0 Å². The van der Waals surface area contributed by atoms with Crippen LogP contribution in [0.2, 0.25) is 0 Å². The molecule has 0 saturated heterocycles. The maximum absolute atomic E-state index is 12.1. The summed E-state index contributed by atoms with van der Waals surface area (Å²) in [5, 5.41) is 0. The van der Waals surface area contributed by atoms with Crippen LogP contribution in [-0.4, -0.2) is 10.2 Å². The first-order valence-electron chi connectivity index (χ1n) is 6.60. The van der Waals surface area contributed by atoms with Gasteiger partial charge in [0.2, 0.25) is 0 Å². The van der Waals surface area contributed by atoms with Gasteiger partial charge in [-0.05, 0) is 45.6 Å². The number of hydrogen-bond donors (Lipinski definition) is 0. The van der Waals surface area contributed by atoms with Gasteiger partial charge in [-0.15, -0.1) is 0 Å². The lowest BCUT2D eigenvalue weighted by Crippen LogP contribution is -2.00. The predicted molar refractivity (Wildman–Crippen MR) is 87.1 cm³/mol. The molecule has 0 spiro atoms. The van der Waals surface area contributed by atoms with Crippen LogP contribution in [0.5, 0.6) is 0 Å². The van der Waals surface area contributed by atoms with E-state index in [-0.39, 0.29) is 5.78 Å². The minimum atomic E-state index is 0.274. The summed E-state index contributed by atoms with van der Waals surface area (Å²) in [6.45, 7) is 0. The Bertz CT molecular complexity index is 631. The van der Waals surface area contributed by atoms with Crippen LogP contribution in [0.15, 0.2) is 42.5 Å². The van der Waals surface area contributed by atoms with Crippen molar-refractivity contribution in [2.75, 3.05) is 4.43 Å². The van der Waals surface area contributed by atoms with Gasteiger partial charge in [0.15, 0.2) is 5.78 Å². The normalized spacial score (nSPS) is 12.1. The van der Waals surface area contributed by atoms with E-state index in [1.54, 1.807) is 0 Å². The molecule has 96 valence electrons. The third-order valence-electron chi connectivity index (χ3n) is 3.65. The first-order valence-corrected chi connectivity index (χ1v) is 8.12. The van der Waals surface area contributed by atoms with Crippen LogP contribution in [0.3, 0.4) is 0 Å². The number of fused-ring (bicyclic) bond motifs is 3. The molecule has 0 atom stereocenters. The van der Waals surface area contributed by atoms with Gasteiger partial charge in [0.25, 0.3) is 0 Å². The number of carbonyl (C=O) groups excluding carboxylic acids is 1. The Morgan fingerprint density at radius 1 is 1.05 bits per heavy atom. The van der Waals surface area contributed by atoms with Crippen molar-refractivity contribution < 1.29 is 4.79 Å². The van der Waals surface area contributed by atoms with E-state index in [4.69, 9.17) is 0 Å². The number of ketones is 1. The molecule has 0 N–H and O–H groups in total. The van der Waals surface area contributed by atoms with Crippen molar-refractivity contribution in [3.8, 4) is 11.1 Å². The highest BCUT2D eigenvalue weighted by molar-refractivity contribution is 14.1. The highest BCUT2D eigenvalue weighted by atomic mass is 127. The van der Waals surface area contributed by atoms with E-state index in [1.165, 1.54) is 22.3 Å². The van der Waals surface area contributed by atoms with Crippen molar-refractivity contribution in [2.45, 2.75) is 19.3 Å². The van der Waals surface area contributed by atoms with Crippen LogP contribution in [-0.2, 0) is 6.42 Å². The van der Waals surface area contributed by atoms with E-state index in [9.17, 15) is 4.79 Å². The van der Waals surface area contributed by atoms with Gasteiger partial charge >= 0.3 is 0 Å². The molecule has 2 aromatic carbocycles. The number of benzene rings is 2. The second-order valence-corrected chi connectivity index (χ2v) is 6.00. The van der Waals surface area contributed by atoms with Gasteiger partial charge in [-0.2, -0.15) is 0 Å². The zero-order chi connectivity index (χ0) is 13.2. The molecule has 0 fully saturated rings. The fourth-order valence-corrected chi connectivity index (χ4v) is 3.07. The van der Waals surface area contributed by atoms with Gasteiger partial charge in [-0.25, -0.2) is 0 Å². The Labute approximate surface area is 127 Å². The standard InChI is InChI=1S/C17H15IO/c18-9-3-6-17(19)13-7-8-16-14(11-13)10-12-4-1-2-5-15(12)16/h1-2,4-5,7-8,11H,3,6,9-10H2. The lowest BCUT2D eigenvalue weighted by atomic mass is 10.00. The molecule has 2 aromatic rings. The summed E-state index contributed by atoms with van der Waals surface area (Å²) in [5.41, 5.74) is 6.15. The molecule has 0 amide bonds. The molecule has 1 aliphatic carbocycles. The summed E-state index contributed by atoms with van der Waals surface area (Å²) in [7, 11) is 0. The molecule has 0 bridgehead atoms. The zero-order valence-electron chi connectivity index (χ0n) is 10.7. The van der Waals surface area contributed by atoms with E-state index < -0.39 is 0 Å². The van der Waals surface area contributed by atoms with Crippen LogP contribution in [0, 0.1) is 0 Å². The summed E-state index contributed by atoms with van der Waals surface area (Å²) >= 11 is 2.32. The quantitative estimate of drug-likeness (QED) is 0.375. The van der Waals surface area contributed by atoms with Gasteiger partial charge in [-0.3, -0.25) is 4.79 Å². The summed E-state index contributed by atoms with van der Waals surface area (Å²) in [6.07, 6.45) is 2.59.